The third kappa shape index (κ3) is 50.9. The molecule has 0 spiro atoms. The van der Waals surface area contributed by atoms with Gasteiger partial charge in [0.25, 0.3) is 0 Å². The summed E-state index contributed by atoms with van der Waals surface area (Å²) in [6.45, 7) is -3.12. The third-order valence-corrected chi connectivity index (χ3v) is 13.6. The van der Waals surface area contributed by atoms with E-state index in [0.29, 0.717) is 6.42 Å². The standard InChI is InChI=1S/C20H41O16P3.6C4H11NO3/c1-2-3-4-5-6-7-8-9-10-11-14(21)12-17(22)33-20-18(23)15(34-37(24,25)26)13-16(35-38(27,28)29)19(20)36-39(30,31)32;6*5-4(1-6,2-7)3-8/h14-16,18-21,23H,2-13H2,1H3,(H2,24,25,26)(H2,27,28,29)(H2,30,31,32);6*6-8H,1-3,5H2/t14?,15-,16+,18-,19-,20-;;;;;;/m0....../s1. The van der Waals surface area contributed by atoms with Crippen LogP contribution in [0.5, 0.6) is 0 Å². The lowest BCUT2D eigenvalue weighted by Gasteiger charge is -2.49. The summed E-state index contributed by atoms with van der Waals surface area (Å²) in [7, 11) is -17.8. The maximum atomic E-state index is 12.4. The van der Waals surface area contributed by atoms with Crippen molar-refractivity contribution in [1.82, 2.24) is 0 Å². The van der Waals surface area contributed by atoms with Crippen molar-refractivity contribution >= 4 is 29.4 Å². The van der Waals surface area contributed by atoms with Gasteiger partial charge in [0.2, 0.25) is 0 Å². The van der Waals surface area contributed by atoms with Gasteiger partial charge in [0.1, 0.15) is 131 Å². The minimum atomic E-state index is -6.01. The quantitative estimate of drug-likeness (QED) is 0.0156. The van der Waals surface area contributed by atoms with Crippen molar-refractivity contribution in [1.29, 1.82) is 0 Å². The van der Waals surface area contributed by atoms with Crippen molar-refractivity contribution in [2.75, 3.05) is 119 Å². The molecule has 0 aromatic carbocycles. The number of hydrogen-bond donors (Lipinski definition) is 26. The Morgan fingerprint density at radius 3 is 0.862 bits per heavy atom. The molecule has 1 aliphatic rings. The van der Waals surface area contributed by atoms with Crippen molar-refractivity contribution in [2.24, 2.45) is 0 Å². The van der Waals surface area contributed by atoms with E-state index >= 15 is 0 Å². The monoisotopic (exact) mass is 1360 g/mol. The zero-order valence-corrected chi connectivity index (χ0v) is 52.1. The average molecular weight is 1360 g/mol. The zero-order chi connectivity index (χ0) is 69.6. The van der Waals surface area contributed by atoms with Gasteiger partial charge in [-0.25, -0.2) is 0 Å². The van der Waals surface area contributed by atoms with Crippen LogP contribution >= 0.6 is 23.5 Å². The number of quaternary nitrogens is 6. The first-order chi connectivity index (χ1) is 40.0. The summed E-state index contributed by atoms with van der Waals surface area (Å²) in [5.74, 6) is -1.29. The van der Waals surface area contributed by atoms with Crippen LogP contribution in [0.3, 0.4) is 0 Å². The predicted octanol–water partition coefficient (Wildman–Crippen LogP) is -20.4. The lowest BCUT2D eigenvalue weighted by Crippen LogP contribution is -2.78. The molecule has 0 heterocycles. The number of rotatable bonds is 37. The Bertz CT molecular complexity index is 1590. The number of ether oxygens (including phenoxy) is 1. The van der Waals surface area contributed by atoms with Gasteiger partial charge in [-0.1, -0.05) is 64.7 Å². The number of aliphatic hydroxyl groups is 20. The fraction of sp³-hybridized carbons (Fsp3) is 0.977. The summed E-state index contributed by atoms with van der Waals surface area (Å²) >= 11 is 0. The Hall–Kier alpha value is -1.24. The molecule has 1 rings (SSSR count). The van der Waals surface area contributed by atoms with E-state index < -0.39 is 112 Å². The Morgan fingerprint density at radius 2 is 0.644 bits per heavy atom. The molecule has 0 radical (unpaired) electrons. The maximum Gasteiger partial charge on any atom is 0.308 e. The van der Waals surface area contributed by atoms with Crippen LogP contribution in [0.1, 0.15) is 84.0 Å². The van der Waals surface area contributed by atoms with Crippen molar-refractivity contribution in [3.63, 3.8) is 0 Å². The van der Waals surface area contributed by atoms with Gasteiger partial charge in [-0.15, -0.1) is 0 Å². The van der Waals surface area contributed by atoms with Gasteiger partial charge in [0.15, 0.2) is 39.3 Å². The van der Waals surface area contributed by atoms with Gasteiger partial charge < -0.3 is 198 Å². The molecule has 0 aromatic rings. The van der Waals surface area contributed by atoms with Crippen LogP contribution in [0.25, 0.3) is 0 Å². The van der Waals surface area contributed by atoms with Crippen LogP contribution in [-0.4, -0.2) is 297 Å². The summed E-state index contributed by atoms with van der Waals surface area (Å²) in [6.07, 6.45) is -5.45. The molecular weight excluding hydrogens is 1250 g/mol. The lowest BCUT2D eigenvalue weighted by atomic mass is 9.87. The number of carbonyl (C=O) groups is 1. The van der Waals surface area contributed by atoms with Gasteiger partial charge in [-0.05, 0) is 6.42 Å². The van der Waals surface area contributed by atoms with Gasteiger partial charge in [0.05, 0.1) is 48.2 Å². The summed E-state index contributed by atoms with van der Waals surface area (Å²) in [5, 5.41) is 172. The van der Waals surface area contributed by atoms with Crippen molar-refractivity contribution in [3.05, 3.63) is 0 Å². The topological polar surface area (TPSA) is 814 Å². The normalized spacial score (nSPS) is 18.0. The van der Waals surface area contributed by atoms with Gasteiger partial charge in [-0.2, -0.15) is 0 Å². The number of phosphoric ester groups is 3. The Kier molecular flexibility index (Phi) is 57.0. The van der Waals surface area contributed by atoms with Crippen LogP contribution in [0.15, 0.2) is 0 Å². The van der Waals surface area contributed by atoms with Crippen molar-refractivity contribution < 1.29 is 203 Å². The maximum absolute atomic E-state index is 12.4. The highest BCUT2D eigenvalue weighted by Gasteiger charge is 2.50. The molecule has 0 aromatic heterocycles. The fourth-order valence-corrected chi connectivity index (χ4v) is 6.79. The first-order valence-electron chi connectivity index (χ1n) is 26.8. The number of phosphoric acid groups is 3. The smallest absolute Gasteiger partial charge is 0.308 e. The van der Waals surface area contributed by atoms with Crippen molar-refractivity contribution in [3.8, 4) is 0 Å². The summed E-state index contributed by atoms with van der Waals surface area (Å²) in [5.41, 5.74) is 14.5. The molecule has 6 atom stereocenters. The zero-order valence-electron chi connectivity index (χ0n) is 49.4. The first kappa shape index (κ1) is 96.8. The largest absolute Gasteiger partial charge is 0.790 e. The molecule has 38 N–H and O–H groups in total. The third-order valence-electron chi connectivity index (χ3n) is 12.0. The molecule has 40 nitrogen and oxygen atoms in total. The number of esters is 1. The molecule has 1 fully saturated rings. The fourth-order valence-electron chi connectivity index (χ4n) is 5.16. The van der Waals surface area contributed by atoms with Crippen molar-refractivity contribution in [2.45, 2.75) is 154 Å². The number of aliphatic hydroxyl groups excluding tert-OH is 20. The number of unbranched alkanes of at least 4 members (excludes halogenated alkanes) is 8. The second-order valence-electron chi connectivity index (χ2n) is 21.2. The molecular formula is C44H107N6O34P3. The van der Waals surface area contributed by atoms with Crippen LogP contribution in [-0.2, 0) is 36.8 Å². The van der Waals surface area contributed by atoms with E-state index in [-0.39, 0.29) is 125 Å². The van der Waals surface area contributed by atoms with E-state index in [9.17, 15) is 58.1 Å². The van der Waals surface area contributed by atoms with Crippen LogP contribution in [0, 0.1) is 0 Å². The highest BCUT2D eigenvalue weighted by molar-refractivity contribution is 7.43. The second kappa shape index (κ2) is 51.2. The van der Waals surface area contributed by atoms with E-state index in [4.69, 9.17) is 96.7 Å². The SMILES string of the molecule is CCCCCCCCCCCC(O)CC(=O)O[C@H]1[C@@H](O)[C@@H](OP(=O)([O-])[O-])C[C@@H](OP(=O)([O-])[O-])[C@@H]1OP(=O)([O-])[O-].[NH3+]C(CO)(CO)CO.[NH3+]C(CO)(CO)CO.[NH3+]C(CO)(CO)CO.[NH3+]C(CO)(CO)CO.[NH3+]C(CO)(CO)CO.[NH3+]C(CO)(CO)CO. The number of carbonyl (C=O) groups excluding carboxylic acids is 1. The Labute approximate surface area is 503 Å². The molecule has 0 amide bonds. The molecule has 1 unspecified atom stereocenters. The second-order valence-corrected chi connectivity index (χ2v) is 24.5. The first-order valence-corrected chi connectivity index (χ1v) is 31.1. The minimum absolute atomic E-state index is 0.178. The van der Waals surface area contributed by atoms with E-state index in [1.165, 1.54) is 12.8 Å². The Balaban J connectivity index is -0.000000272. The van der Waals surface area contributed by atoms with E-state index in [1.54, 1.807) is 0 Å². The molecule has 0 bridgehead atoms. The summed E-state index contributed by atoms with van der Waals surface area (Å²) in [4.78, 5) is 79.2. The highest BCUT2D eigenvalue weighted by Crippen LogP contribution is 2.44. The van der Waals surface area contributed by atoms with Crippen LogP contribution in [0.2, 0.25) is 0 Å². The molecule has 87 heavy (non-hydrogen) atoms. The Morgan fingerprint density at radius 1 is 0.414 bits per heavy atom. The van der Waals surface area contributed by atoms with Gasteiger partial charge >= 0.3 is 5.97 Å². The summed E-state index contributed by atoms with van der Waals surface area (Å²) < 4.78 is 50.7. The minimum Gasteiger partial charge on any atom is -0.790 e. The summed E-state index contributed by atoms with van der Waals surface area (Å²) in [6, 6.07) is 0. The molecule has 532 valence electrons. The highest BCUT2D eigenvalue weighted by atomic mass is 31.2. The van der Waals surface area contributed by atoms with Gasteiger partial charge in [0, 0.05) is 6.42 Å². The molecule has 1 saturated carbocycles. The molecule has 43 heteroatoms. The molecule has 0 aliphatic heterocycles. The number of hydrogen-bond acceptors (Lipinski definition) is 34. The van der Waals surface area contributed by atoms with E-state index in [2.05, 4.69) is 54.9 Å². The lowest BCUT2D eigenvalue weighted by molar-refractivity contribution is -0.495. The molecule has 1 aliphatic carbocycles. The van der Waals surface area contributed by atoms with Gasteiger partial charge in [-0.3, -0.25) is 4.79 Å². The predicted molar refractivity (Wildman–Crippen MR) is 282 cm³/mol. The van der Waals surface area contributed by atoms with E-state index in [1.807, 2.05) is 0 Å². The average Bonchev–Trinajstić information content (AvgIpc) is 2.54. The van der Waals surface area contributed by atoms with Crippen LogP contribution in [0.4, 0.5) is 0 Å². The van der Waals surface area contributed by atoms with E-state index in [0.717, 1.165) is 38.5 Å². The van der Waals surface area contributed by atoms with Crippen LogP contribution < -0.4 is 63.8 Å². The molecule has 0 saturated heterocycles.